The highest BCUT2D eigenvalue weighted by Gasteiger charge is 2.11. The largest absolute Gasteiger partial charge is 0.491 e. The van der Waals surface area contributed by atoms with Crippen molar-refractivity contribution in [3.8, 4) is 11.5 Å². The Kier molecular flexibility index (Phi) is 6.86. The first-order valence-electron chi connectivity index (χ1n) is 9.01. The maximum Gasteiger partial charge on any atom is 0.249 e. The Morgan fingerprint density at radius 2 is 2.17 bits per heavy atom. The summed E-state index contributed by atoms with van der Waals surface area (Å²) in [5.41, 5.74) is 1.60. The summed E-state index contributed by atoms with van der Waals surface area (Å²) >= 11 is 6.23. The maximum atomic E-state index is 12.2. The van der Waals surface area contributed by atoms with E-state index in [0.29, 0.717) is 35.5 Å². The average molecular weight is 413 g/mol. The molecule has 2 heterocycles. The Hall–Kier alpha value is -3.32. The number of amides is 1. The lowest BCUT2D eigenvalue weighted by Gasteiger charge is -2.11. The maximum absolute atomic E-state index is 12.2. The molecule has 3 rings (SSSR count). The molecule has 0 aliphatic heterocycles. The molecule has 0 atom stereocenters. The standard InChI is InChI=1S/C21H21ClN4O3/c1-3-29-18-13-15(12-17(22)21(18)28-2)7-8-20(27)24-19-9-11-26(25-19)14-16-6-4-5-10-23-16/h4-13H,3,14H2,1-2H3,(H,24,25,27)/b8-7+. The zero-order chi connectivity index (χ0) is 20.6. The Balaban J connectivity index is 1.64. The number of hydrogen-bond donors (Lipinski definition) is 1. The van der Waals surface area contributed by atoms with Crippen LogP contribution in [-0.2, 0) is 11.3 Å². The van der Waals surface area contributed by atoms with Gasteiger partial charge < -0.3 is 14.8 Å². The summed E-state index contributed by atoms with van der Waals surface area (Å²) in [6.07, 6.45) is 6.57. The van der Waals surface area contributed by atoms with E-state index in [1.54, 1.807) is 41.4 Å². The quantitative estimate of drug-likeness (QED) is 0.565. The summed E-state index contributed by atoms with van der Waals surface area (Å²) in [6, 6.07) is 10.9. The molecule has 2 aromatic heterocycles. The normalized spacial score (nSPS) is 10.9. The monoisotopic (exact) mass is 412 g/mol. The fraction of sp³-hybridized carbons (Fsp3) is 0.190. The number of ether oxygens (including phenoxy) is 2. The lowest BCUT2D eigenvalue weighted by molar-refractivity contribution is -0.111. The third-order valence-corrected chi connectivity index (χ3v) is 4.19. The molecule has 0 saturated carbocycles. The number of anilines is 1. The number of nitrogens with zero attached hydrogens (tertiary/aromatic N) is 3. The second-order valence-corrected chi connectivity index (χ2v) is 6.42. The molecule has 150 valence electrons. The fourth-order valence-electron chi connectivity index (χ4n) is 2.66. The van der Waals surface area contributed by atoms with Gasteiger partial charge in [-0.05, 0) is 42.8 Å². The molecule has 0 aliphatic carbocycles. The first-order valence-corrected chi connectivity index (χ1v) is 9.39. The van der Waals surface area contributed by atoms with E-state index in [4.69, 9.17) is 21.1 Å². The van der Waals surface area contributed by atoms with Crippen molar-refractivity contribution in [1.82, 2.24) is 14.8 Å². The van der Waals surface area contributed by atoms with E-state index in [-0.39, 0.29) is 5.91 Å². The van der Waals surface area contributed by atoms with Crippen LogP contribution in [0.4, 0.5) is 5.82 Å². The van der Waals surface area contributed by atoms with Gasteiger partial charge in [-0.1, -0.05) is 17.7 Å². The number of carbonyl (C=O) groups is 1. The third-order valence-electron chi connectivity index (χ3n) is 3.91. The van der Waals surface area contributed by atoms with Gasteiger partial charge in [-0.25, -0.2) is 0 Å². The summed E-state index contributed by atoms with van der Waals surface area (Å²) in [6.45, 7) is 2.87. The lowest BCUT2D eigenvalue weighted by Crippen LogP contribution is -2.09. The van der Waals surface area contributed by atoms with E-state index in [9.17, 15) is 4.79 Å². The predicted molar refractivity (Wildman–Crippen MR) is 112 cm³/mol. The molecule has 0 fully saturated rings. The highest BCUT2D eigenvalue weighted by atomic mass is 35.5. The van der Waals surface area contributed by atoms with E-state index in [1.165, 1.54) is 13.2 Å². The van der Waals surface area contributed by atoms with Crippen molar-refractivity contribution < 1.29 is 14.3 Å². The van der Waals surface area contributed by atoms with Gasteiger partial charge in [-0.15, -0.1) is 0 Å². The number of carbonyl (C=O) groups excluding carboxylic acids is 1. The van der Waals surface area contributed by atoms with Crippen molar-refractivity contribution in [1.29, 1.82) is 0 Å². The number of methoxy groups -OCH3 is 1. The molecule has 0 saturated heterocycles. The molecule has 0 bridgehead atoms. The number of benzene rings is 1. The van der Waals surface area contributed by atoms with Crippen LogP contribution in [0.3, 0.4) is 0 Å². The first-order chi connectivity index (χ1) is 14.1. The van der Waals surface area contributed by atoms with Crippen LogP contribution in [0.15, 0.2) is 54.9 Å². The van der Waals surface area contributed by atoms with Crippen LogP contribution < -0.4 is 14.8 Å². The minimum absolute atomic E-state index is 0.307. The second-order valence-electron chi connectivity index (χ2n) is 6.01. The van der Waals surface area contributed by atoms with Gasteiger partial charge in [0.05, 0.1) is 31.0 Å². The molecule has 7 nitrogen and oxygen atoms in total. The molecule has 3 aromatic rings. The highest BCUT2D eigenvalue weighted by Crippen LogP contribution is 2.36. The third kappa shape index (κ3) is 5.58. The number of aromatic nitrogens is 3. The average Bonchev–Trinajstić information content (AvgIpc) is 3.14. The van der Waals surface area contributed by atoms with Crippen molar-refractivity contribution >= 4 is 29.4 Å². The number of hydrogen-bond acceptors (Lipinski definition) is 5. The van der Waals surface area contributed by atoms with Crippen LogP contribution >= 0.6 is 11.6 Å². The second kappa shape index (κ2) is 9.75. The van der Waals surface area contributed by atoms with E-state index in [1.807, 2.05) is 25.1 Å². The van der Waals surface area contributed by atoms with Crippen molar-refractivity contribution in [3.63, 3.8) is 0 Å². The fourth-order valence-corrected chi connectivity index (χ4v) is 2.96. The lowest BCUT2D eigenvalue weighted by atomic mass is 10.2. The molecule has 1 N–H and O–H groups in total. The van der Waals surface area contributed by atoms with Gasteiger partial charge >= 0.3 is 0 Å². The van der Waals surface area contributed by atoms with Gasteiger partial charge in [0.1, 0.15) is 0 Å². The van der Waals surface area contributed by atoms with E-state index in [0.717, 1.165) is 11.3 Å². The number of halogens is 1. The first kappa shape index (κ1) is 20.4. The van der Waals surface area contributed by atoms with Crippen molar-refractivity contribution in [2.75, 3.05) is 19.0 Å². The van der Waals surface area contributed by atoms with Gasteiger partial charge in [0, 0.05) is 24.5 Å². The summed E-state index contributed by atoms with van der Waals surface area (Å²) in [7, 11) is 1.53. The molecule has 0 radical (unpaired) electrons. The van der Waals surface area contributed by atoms with Crippen LogP contribution in [0.5, 0.6) is 11.5 Å². The van der Waals surface area contributed by atoms with Gasteiger partial charge in [0.2, 0.25) is 5.91 Å². The van der Waals surface area contributed by atoms with Crippen molar-refractivity contribution in [3.05, 3.63) is 71.1 Å². The van der Waals surface area contributed by atoms with Crippen LogP contribution in [0.1, 0.15) is 18.2 Å². The van der Waals surface area contributed by atoms with Gasteiger partial charge in [-0.3, -0.25) is 14.5 Å². The van der Waals surface area contributed by atoms with Crippen LogP contribution in [-0.4, -0.2) is 34.4 Å². The summed E-state index contributed by atoms with van der Waals surface area (Å²) in [4.78, 5) is 16.5. The molecule has 1 amide bonds. The van der Waals surface area contributed by atoms with Crippen LogP contribution in [0.2, 0.25) is 5.02 Å². The molecule has 8 heteroatoms. The van der Waals surface area contributed by atoms with Crippen LogP contribution in [0.25, 0.3) is 6.08 Å². The van der Waals surface area contributed by atoms with E-state index >= 15 is 0 Å². The summed E-state index contributed by atoms with van der Waals surface area (Å²) in [5.74, 6) is 1.14. The molecule has 0 spiro atoms. The smallest absolute Gasteiger partial charge is 0.249 e. The topological polar surface area (TPSA) is 78.3 Å². The van der Waals surface area contributed by atoms with Gasteiger partial charge in [0.15, 0.2) is 17.3 Å². The SMILES string of the molecule is CCOc1cc(/C=C/C(=O)Nc2ccn(Cc3ccccn3)n2)cc(Cl)c1OC. The summed E-state index contributed by atoms with van der Waals surface area (Å²) in [5, 5.41) is 7.47. The Morgan fingerprint density at radius 3 is 2.90 bits per heavy atom. The van der Waals surface area contributed by atoms with Crippen molar-refractivity contribution in [2.45, 2.75) is 13.5 Å². The number of rotatable bonds is 8. The van der Waals surface area contributed by atoms with E-state index in [2.05, 4.69) is 15.4 Å². The minimum atomic E-state index is -0.307. The molecule has 29 heavy (non-hydrogen) atoms. The van der Waals surface area contributed by atoms with Gasteiger partial charge in [0.25, 0.3) is 0 Å². The Labute approximate surface area is 173 Å². The van der Waals surface area contributed by atoms with Crippen LogP contribution in [0, 0.1) is 0 Å². The molecular formula is C21H21ClN4O3. The minimum Gasteiger partial charge on any atom is -0.491 e. The molecule has 0 unspecified atom stereocenters. The molecular weight excluding hydrogens is 392 g/mol. The Morgan fingerprint density at radius 1 is 1.31 bits per heavy atom. The predicted octanol–water partition coefficient (Wildman–Crippen LogP) is 4.04. The highest BCUT2D eigenvalue weighted by molar-refractivity contribution is 6.32. The zero-order valence-electron chi connectivity index (χ0n) is 16.1. The van der Waals surface area contributed by atoms with Crippen molar-refractivity contribution in [2.24, 2.45) is 0 Å². The van der Waals surface area contributed by atoms with E-state index < -0.39 is 0 Å². The summed E-state index contributed by atoms with van der Waals surface area (Å²) < 4.78 is 12.5. The van der Waals surface area contributed by atoms with Gasteiger partial charge in [-0.2, -0.15) is 5.10 Å². The number of nitrogens with one attached hydrogen (secondary N) is 1. The molecule has 1 aromatic carbocycles. The number of pyridine rings is 1. The Bertz CT molecular complexity index is 1000. The molecule has 0 aliphatic rings. The zero-order valence-corrected chi connectivity index (χ0v) is 16.9.